The average Bonchev–Trinajstić information content (AvgIpc) is 2.14. The van der Waals surface area contributed by atoms with Crippen molar-refractivity contribution in [3.05, 3.63) is 29.6 Å². The van der Waals surface area contributed by atoms with Crippen LogP contribution in [-0.2, 0) is 5.75 Å². The van der Waals surface area contributed by atoms with Crippen molar-refractivity contribution in [2.24, 2.45) is 0 Å². The van der Waals surface area contributed by atoms with E-state index >= 15 is 0 Å². The number of rotatable bonds is 3. The molecule has 0 aliphatic rings. The first-order chi connectivity index (χ1) is 6.90. The summed E-state index contributed by atoms with van der Waals surface area (Å²) in [5.74, 6) is -0.279. The van der Waals surface area contributed by atoms with Crippen LogP contribution in [-0.4, -0.2) is 20.8 Å². The third-order valence-corrected chi connectivity index (χ3v) is 3.08. The fourth-order valence-electron chi connectivity index (χ4n) is 1.04. The third kappa shape index (κ3) is 3.91. The van der Waals surface area contributed by atoms with E-state index in [9.17, 15) is 4.79 Å². The zero-order valence-corrected chi connectivity index (χ0v) is 9.97. The van der Waals surface area contributed by atoms with Crippen molar-refractivity contribution in [2.75, 3.05) is 0 Å². The highest BCUT2D eigenvalue weighted by molar-refractivity contribution is 7.99. The number of aromatic carboxylic acids is 1. The van der Waals surface area contributed by atoms with Crippen LogP contribution in [0.2, 0.25) is 0 Å². The lowest BCUT2D eigenvalue weighted by molar-refractivity contribution is 0.0689. The van der Waals surface area contributed by atoms with Crippen LogP contribution >= 0.6 is 11.8 Å². The molecule has 3 nitrogen and oxygen atoms in total. The second-order valence-corrected chi connectivity index (χ2v) is 6.02. The molecule has 15 heavy (non-hydrogen) atoms. The number of carboxylic acid groups (broad SMARTS) is 1. The van der Waals surface area contributed by atoms with Crippen molar-refractivity contribution in [3.8, 4) is 0 Å². The first-order valence-electron chi connectivity index (χ1n) is 4.71. The Balaban J connectivity index is 2.81. The van der Waals surface area contributed by atoms with E-state index in [-0.39, 0.29) is 10.4 Å². The minimum absolute atomic E-state index is 0.131. The summed E-state index contributed by atoms with van der Waals surface area (Å²) in [4.78, 5) is 14.7. The third-order valence-electron chi connectivity index (χ3n) is 1.75. The van der Waals surface area contributed by atoms with Gasteiger partial charge < -0.3 is 5.11 Å². The Morgan fingerprint density at radius 2 is 2.20 bits per heavy atom. The lowest BCUT2D eigenvalue weighted by atomic mass is 10.2. The van der Waals surface area contributed by atoms with E-state index in [2.05, 4.69) is 25.8 Å². The number of pyridine rings is 1. The van der Waals surface area contributed by atoms with Gasteiger partial charge >= 0.3 is 5.97 Å². The second kappa shape index (κ2) is 4.66. The predicted molar refractivity (Wildman–Crippen MR) is 62.2 cm³/mol. The molecule has 0 spiro atoms. The number of hydrogen-bond donors (Lipinski definition) is 1. The second-order valence-electron chi connectivity index (χ2n) is 4.22. The van der Waals surface area contributed by atoms with Gasteiger partial charge in [0.2, 0.25) is 0 Å². The van der Waals surface area contributed by atoms with Gasteiger partial charge in [-0.2, -0.15) is 11.8 Å². The average molecular weight is 225 g/mol. The Morgan fingerprint density at radius 3 is 2.73 bits per heavy atom. The Kier molecular flexibility index (Phi) is 3.74. The van der Waals surface area contributed by atoms with Gasteiger partial charge in [0.05, 0.1) is 0 Å². The summed E-state index contributed by atoms with van der Waals surface area (Å²) < 4.78 is 0.131. The van der Waals surface area contributed by atoms with Gasteiger partial charge in [-0.1, -0.05) is 26.8 Å². The van der Waals surface area contributed by atoms with Crippen molar-refractivity contribution in [2.45, 2.75) is 31.3 Å². The van der Waals surface area contributed by atoms with Gasteiger partial charge in [0.25, 0.3) is 0 Å². The number of carbonyl (C=O) groups is 1. The summed E-state index contributed by atoms with van der Waals surface area (Å²) in [5, 5.41) is 8.92. The molecule has 0 saturated carbocycles. The van der Waals surface area contributed by atoms with Crippen molar-refractivity contribution in [3.63, 3.8) is 0 Å². The van der Waals surface area contributed by atoms with Gasteiger partial charge in [0, 0.05) is 16.7 Å². The van der Waals surface area contributed by atoms with E-state index in [1.165, 1.54) is 6.20 Å². The number of nitrogens with zero attached hydrogens (tertiary/aromatic N) is 1. The molecule has 1 aromatic rings. The topological polar surface area (TPSA) is 50.2 Å². The molecule has 0 aliphatic heterocycles. The van der Waals surface area contributed by atoms with Crippen LogP contribution in [0.5, 0.6) is 0 Å². The fourth-order valence-corrected chi connectivity index (χ4v) is 1.86. The molecule has 82 valence electrons. The summed E-state index contributed by atoms with van der Waals surface area (Å²) in [7, 11) is 0. The molecule has 0 aromatic carbocycles. The first kappa shape index (κ1) is 12.0. The molecule has 1 heterocycles. The number of thioether (sulfide) groups is 1. The van der Waals surface area contributed by atoms with Crippen LogP contribution in [0.1, 0.15) is 36.8 Å². The summed E-state index contributed by atoms with van der Waals surface area (Å²) in [6.45, 7) is 6.32. The van der Waals surface area contributed by atoms with Crippen molar-refractivity contribution < 1.29 is 9.90 Å². The van der Waals surface area contributed by atoms with Crippen molar-refractivity contribution >= 4 is 17.7 Å². The Labute approximate surface area is 93.9 Å². The van der Waals surface area contributed by atoms with Crippen LogP contribution in [0.25, 0.3) is 0 Å². The molecule has 0 atom stereocenters. The highest BCUT2D eigenvalue weighted by Gasteiger charge is 2.15. The van der Waals surface area contributed by atoms with E-state index in [4.69, 9.17) is 5.11 Å². The van der Waals surface area contributed by atoms with Crippen LogP contribution in [0, 0.1) is 0 Å². The van der Waals surface area contributed by atoms with Crippen molar-refractivity contribution in [1.82, 2.24) is 4.98 Å². The van der Waals surface area contributed by atoms with E-state index in [1.807, 2.05) is 6.07 Å². The van der Waals surface area contributed by atoms with E-state index < -0.39 is 5.97 Å². The van der Waals surface area contributed by atoms with Crippen LogP contribution < -0.4 is 0 Å². The molecule has 0 fully saturated rings. The number of carboxylic acids is 1. The monoisotopic (exact) mass is 225 g/mol. The lowest BCUT2D eigenvalue weighted by Gasteiger charge is -2.17. The molecule has 1 aromatic heterocycles. The van der Waals surface area contributed by atoms with E-state index in [1.54, 1.807) is 17.8 Å². The van der Waals surface area contributed by atoms with Crippen LogP contribution in [0.4, 0.5) is 0 Å². The normalized spacial score (nSPS) is 11.4. The summed E-state index contributed by atoms with van der Waals surface area (Å²) >= 11 is 1.71. The minimum atomic E-state index is -0.958. The van der Waals surface area contributed by atoms with E-state index in [0.29, 0.717) is 5.75 Å². The maximum atomic E-state index is 10.9. The molecule has 1 N–H and O–H groups in total. The highest BCUT2D eigenvalue weighted by Crippen LogP contribution is 2.27. The first-order valence-corrected chi connectivity index (χ1v) is 5.70. The molecule has 0 saturated heterocycles. The molecule has 0 aliphatic carbocycles. The molecule has 1 rings (SSSR count). The standard InChI is InChI=1S/C11H15NO2S/c1-11(2,3)15-7-8-5-4-6-12-9(8)10(13)14/h4-6H,7H2,1-3H3,(H,13,14). The molecule has 0 radical (unpaired) electrons. The summed E-state index contributed by atoms with van der Waals surface area (Å²) in [6.07, 6.45) is 1.51. The van der Waals surface area contributed by atoms with Crippen molar-refractivity contribution in [1.29, 1.82) is 0 Å². The SMILES string of the molecule is CC(C)(C)SCc1cccnc1C(=O)O. The Bertz CT molecular complexity index is 358. The summed E-state index contributed by atoms with van der Waals surface area (Å²) in [5.41, 5.74) is 0.944. The quantitative estimate of drug-likeness (QED) is 0.859. The molecule has 0 amide bonds. The molecule has 0 unspecified atom stereocenters. The zero-order valence-electron chi connectivity index (χ0n) is 9.15. The lowest BCUT2D eigenvalue weighted by Crippen LogP contribution is -2.10. The Hall–Kier alpha value is -1.03. The van der Waals surface area contributed by atoms with Gasteiger partial charge in [-0.3, -0.25) is 0 Å². The smallest absolute Gasteiger partial charge is 0.354 e. The Morgan fingerprint density at radius 1 is 1.53 bits per heavy atom. The minimum Gasteiger partial charge on any atom is -0.477 e. The van der Waals surface area contributed by atoms with Gasteiger partial charge in [0.1, 0.15) is 0 Å². The molecule has 4 heteroatoms. The number of hydrogen-bond acceptors (Lipinski definition) is 3. The maximum Gasteiger partial charge on any atom is 0.354 e. The van der Waals surface area contributed by atoms with E-state index in [0.717, 1.165) is 5.56 Å². The fraction of sp³-hybridized carbons (Fsp3) is 0.455. The van der Waals surface area contributed by atoms with Crippen LogP contribution in [0.3, 0.4) is 0 Å². The van der Waals surface area contributed by atoms with Gasteiger partial charge in [-0.05, 0) is 11.6 Å². The zero-order chi connectivity index (χ0) is 11.5. The largest absolute Gasteiger partial charge is 0.477 e. The van der Waals surface area contributed by atoms with Gasteiger partial charge in [-0.15, -0.1) is 0 Å². The molecular formula is C11H15NO2S. The van der Waals surface area contributed by atoms with Crippen LogP contribution in [0.15, 0.2) is 18.3 Å². The maximum absolute atomic E-state index is 10.9. The predicted octanol–water partition coefficient (Wildman–Crippen LogP) is 2.81. The number of aromatic nitrogens is 1. The molecular weight excluding hydrogens is 210 g/mol. The van der Waals surface area contributed by atoms with Gasteiger partial charge in [-0.25, -0.2) is 9.78 Å². The molecule has 0 bridgehead atoms. The summed E-state index contributed by atoms with van der Waals surface area (Å²) in [6, 6.07) is 3.58. The highest BCUT2D eigenvalue weighted by atomic mass is 32.2. The van der Waals surface area contributed by atoms with Gasteiger partial charge in [0.15, 0.2) is 5.69 Å².